The van der Waals surface area contributed by atoms with Gasteiger partial charge >= 0.3 is 6.18 Å². The Bertz CT molecular complexity index is 1110. The number of phenolic OH excluding ortho intramolecular Hbond substituents is 1. The molecular weight excluding hydrogens is 408 g/mol. The minimum absolute atomic E-state index is 0.0143. The number of nitrogens with one attached hydrogen (secondary N) is 1. The number of rotatable bonds is 5. The number of anilines is 1. The summed E-state index contributed by atoms with van der Waals surface area (Å²) in [7, 11) is 0. The molecule has 0 unspecified atom stereocenters. The van der Waals surface area contributed by atoms with E-state index in [1.165, 1.54) is 12.3 Å². The van der Waals surface area contributed by atoms with Gasteiger partial charge in [0.1, 0.15) is 18.2 Å². The minimum Gasteiger partial charge on any atom is -0.508 e. The van der Waals surface area contributed by atoms with Crippen LogP contribution in [0.1, 0.15) is 21.5 Å². The molecule has 0 saturated heterocycles. The Morgan fingerprint density at radius 2 is 1.77 bits per heavy atom. The van der Waals surface area contributed by atoms with E-state index in [-0.39, 0.29) is 22.6 Å². The van der Waals surface area contributed by atoms with Gasteiger partial charge in [-0.3, -0.25) is 14.4 Å². The van der Waals surface area contributed by atoms with E-state index in [2.05, 4.69) is 4.98 Å². The van der Waals surface area contributed by atoms with Crippen LogP contribution >= 0.6 is 0 Å². The number of alkyl halides is 3. The first-order chi connectivity index (χ1) is 14.1. The van der Waals surface area contributed by atoms with Crippen LogP contribution in [-0.2, 0) is 17.6 Å². The topological polar surface area (TPSA) is 82.6 Å². The van der Waals surface area contributed by atoms with E-state index in [0.717, 1.165) is 48.5 Å². The van der Waals surface area contributed by atoms with E-state index in [0.29, 0.717) is 5.06 Å². The lowest BCUT2D eigenvalue weighted by Crippen LogP contribution is -2.32. The molecule has 1 aromatic heterocycles. The number of nitrogens with zero attached hydrogens (tertiary/aromatic N) is 1. The summed E-state index contributed by atoms with van der Waals surface area (Å²) in [6.07, 6.45) is -3.33. The number of aromatic nitrogens is 1. The van der Waals surface area contributed by atoms with Gasteiger partial charge in [-0.15, -0.1) is 0 Å². The molecule has 0 aliphatic heterocycles. The molecule has 2 N–H and O–H groups in total. The second-order valence-corrected chi connectivity index (χ2v) is 6.13. The summed E-state index contributed by atoms with van der Waals surface area (Å²) in [4.78, 5) is 32.2. The SMILES string of the molecule is O=C(c1ccc(C(F)(F)F)cc1)N(OCc1cc(F)ccc1O)c1cc[nH]c(=O)c1. The monoisotopic (exact) mass is 422 g/mol. The molecule has 30 heavy (non-hydrogen) atoms. The summed E-state index contributed by atoms with van der Waals surface area (Å²) < 4.78 is 51.7. The van der Waals surface area contributed by atoms with Crippen molar-refractivity contribution < 1.29 is 32.3 Å². The first kappa shape index (κ1) is 21.1. The number of benzene rings is 2. The highest BCUT2D eigenvalue weighted by Gasteiger charge is 2.30. The zero-order chi connectivity index (χ0) is 21.9. The second kappa shape index (κ2) is 8.37. The first-order valence-corrected chi connectivity index (χ1v) is 8.46. The fourth-order valence-electron chi connectivity index (χ4n) is 2.53. The third kappa shape index (κ3) is 4.84. The maximum absolute atomic E-state index is 13.4. The molecule has 0 fully saturated rings. The molecule has 6 nitrogen and oxygen atoms in total. The van der Waals surface area contributed by atoms with E-state index >= 15 is 0 Å². The maximum Gasteiger partial charge on any atom is 0.416 e. The normalized spacial score (nSPS) is 11.3. The van der Waals surface area contributed by atoms with Crippen molar-refractivity contribution in [2.45, 2.75) is 12.8 Å². The second-order valence-electron chi connectivity index (χ2n) is 6.13. The lowest BCUT2D eigenvalue weighted by Gasteiger charge is -2.22. The van der Waals surface area contributed by atoms with E-state index < -0.39 is 35.6 Å². The zero-order valence-electron chi connectivity index (χ0n) is 15.1. The predicted molar refractivity (Wildman–Crippen MR) is 98.2 cm³/mol. The number of hydroxylamine groups is 1. The number of hydrogen-bond donors (Lipinski definition) is 2. The number of carbonyl (C=O) groups excluding carboxylic acids is 1. The Morgan fingerprint density at radius 1 is 1.07 bits per heavy atom. The van der Waals surface area contributed by atoms with E-state index in [1.54, 1.807) is 0 Å². The average molecular weight is 422 g/mol. The molecule has 0 aliphatic carbocycles. The number of pyridine rings is 1. The lowest BCUT2D eigenvalue weighted by molar-refractivity contribution is -0.137. The van der Waals surface area contributed by atoms with Crippen LogP contribution in [0.25, 0.3) is 0 Å². The highest BCUT2D eigenvalue weighted by molar-refractivity contribution is 6.04. The Morgan fingerprint density at radius 3 is 2.40 bits per heavy atom. The van der Waals surface area contributed by atoms with Crippen molar-refractivity contribution in [3.05, 3.63) is 93.7 Å². The molecule has 0 atom stereocenters. The molecule has 0 radical (unpaired) electrons. The number of amides is 1. The summed E-state index contributed by atoms with van der Waals surface area (Å²) in [6, 6.07) is 8.89. The minimum atomic E-state index is -4.57. The van der Waals surface area contributed by atoms with Crippen molar-refractivity contribution in [2.75, 3.05) is 5.06 Å². The summed E-state index contributed by atoms with van der Waals surface area (Å²) in [6.45, 7) is -0.456. The van der Waals surface area contributed by atoms with Gasteiger partial charge < -0.3 is 10.1 Å². The highest BCUT2D eigenvalue weighted by atomic mass is 19.4. The Hall–Kier alpha value is -3.66. The van der Waals surface area contributed by atoms with Crippen LogP contribution in [-0.4, -0.2) is 16.0 Å². The van der Waals surface area contributed by atoms with Crippen LogP contribution in [0.4, 0.5) is 23.2 Å². The van der Waals surface area contributed by atoms with E-state index in [1.807, 2.05) is 0 Å². The molecule has 156 valence electrons. The molecule has 1 amide bonds. The highest BCUT2D eigenvalue weighted by Crippen LogP contribution is 2.29. The van der Waals surface area contributed by atoms with Gasteiger partial charge in [0.15, 0.2) is 0 Å². The maximum atomic E-state index is 13.4. The van der Waals surface area contributed by atoms with Crippen molar-refractivity contribution in [1.82, 2.24) is 4.98 Å². The van der Waals surface area contributed by atoms with Crippen LogP contribution in [0.5, 0.6) is 5.75 Å². The lowest BCUT2D eigenvalue weighted by atomic mass is 10.1. The third-order valence-corrected chi connectivity index (χ3v) is 4.03. The number of hydrogen-bond acceptors (Lipinski definition) is 4. The summed E-state index contributed by atoms with van der Waals surface area (Å²) in [5.74, 6) is -1.81. The van der Waals surface area contributed by atoms with Crippen LogP contribution in [0, 0.1) is 5.82 Å². The van der Waals surface area contributed by atoms with Gasteiger partial charge in [-0.2, -0.15) is 18.2 Å². The summed E-state index contributed by atoms with van der Waals surface area (Å²) >= 11 is 0. The van der Waals surface area contributed by atoms with Crippen molar-refractivity contribution in [3.63, 3.8) is 0 Å². The standard InChI is InChI=1S/C20H14F4N2O4/c21-15-5-6-17(27)13(9-15)11-30-26(16-7-8-25-18(28)10-16)19(29)12-1-3-14(4-2-12)20(22,23)24/h1-10,27H,11H2,(H,25,28). The fraction of sp³-hybridized carbons (Fsp3) is 0.100. The molecule has 0 spiro atoms. The largest absolute Gasteiger partial charge is 0.508 e. The van der Waals surface area contributed by atoms with Crippen LogP contribution in [0.15, 0.2) is 65.6 Å². The Balaban J connectivity index is 1.92. The van der Waals surface area contributed by atoms with E-state index in [4.69, 9.17) is 4.84 Å². The third-order valence-electron chi connectivity index (χ3n) is 4.03. The fourth-order valence-corrected chi connectivity index (χ4v) is 2.53. The summed E-state index contributed by atoms with van der Waals surface area (Å²) in [5.41, 5.74) is -1.64. The number of carbonyl (C=O) groups is 1. The molecule has 1 heterocycles. The Kier molecular flexibility index (Phi) is 5.88. The van der Waals surface area contributed by atoms with Gasteiger partial charge in [0.2, 0.25) is 5.56 Å². The van der Waals surface area contributed by atoms with Crippen molar-refractivity contribution in [3.8, 4) is 5.75 Å². The quantitative estimate of drug-likeness (QED) is 0.481. The van der Waals surface area contributed by atoms with Crippen LogP contribution < -0.4 is 10.6 Å². The number of phenols is 1. The number of aromatic hydroxyl groups is 1. The van der Waals surface area contributed by atoms with Crippen LogP contribution in [0.3, 0.4) is 0 Å². The van der Waals surface area contributed by atoms with Crippen LogP contribution in [0.2, 0.25) is 0 Å². The van der Waals surface area contributed by atoms with Gasteiger partial charge in [-0.1, -0.05) is 0 Å². The predicted octanol–water partition coefficient (Wildman–Crippen LogP) is 4.02. The van der Waals surface area contributed by atoms with Gasteiger partial charge in [0.05, 0.1) is 11.3 Å². The van der Waals surface area contributed by atoms with Gasteiger partial charge in [-0.25, -0.2) is 4.39 Å². The molecule has 0 bridgehead atoms. The summed E-state index contributed by atoms with van der Waals surface area (Å²) in [5, 5.41) is 10.5. The molecule has 0 aliphatic rings. The molecular formula is C20H14F4N2O4. The number of H-pyrrole nitrogens is 1. The average Bonchev–Trinajstić information content (AvgIpc) is 2.70. The van der Waals surface area contributed by atoms with E-state index in [9.17, 15) is 32.3 Å². The molecule has 3 rings (SSSR count). The van der Waals surface area contributed by atoms with Crippen molar-refractivity contribution >= 4 is 11.6 Å². The first-order valence-electron chi connectivity index (χ1n) is 8.46. The van der Waals surface area contributed by atoms with Gasteiger partial charge in [0, 0.05) is 23.4 Å². The molecule has 10 heteroatoms. The number of aromatic amines is 1. The Labute approximate surface area is 166 Å². The van der Waals surface area contributed by atoms with Gasteiger partial charge in [0.25, 0.3) is 5.91 Å². The molecule has 3 aromatic rings. The molecule has 0 saturated carbocycles. The molecule has 2 aromatic carbocycles. The van der Waals surface area contributed by atoms with Crippen molar-refractivity contribution in [2.24, 2.45) is 0 Å². The van der Waals surface area contributed by atoms with Crippen molar-refractivity contribution in [1.29, 1.82) is 0 Å². The van der Waals surface area contributed by atoms with Gasteiger partial charge in [-0.05, 0) is 48.5 Å². The number of halogens is 4. The zero-order valence-corrected chi connectivity index (χ0v) is 15.1. The smallest absolute Gasteiger partial charge is 0.416 e.